The lowest BCUT2D eigenvalue weighted by molar-refractivity contribution is -0.121. The number of carbonyl (C=O) groups excluding carboxylic acids is 2. The van der Waals surface area contributed by atoms with Gasteiger partial charge in [-0.05, 0) is 55.4 Å². The Hall–Kier alpha value is -2.58. The van der Waals surface area contributed by atoms with Gasteiger partial charge in [0.2, 0.25) is 5.91 Å². The zero-order valence-corrected chi connectivity index (χ0v) is 18.4. The predicted molar refractivity (Wildman–Crippen MR) is 116 cm³/mol. The summed E-state index contributed by atoms with van der Waals surface area (Å²) in [6, 6.07) is 12.2. The van der Waals surface area contributed by atoms with E-state index in [2.05, 4.69) is 26.6 Å². The summed E-state index contributed by atoms with van der Waals surface area (Å²) in [5.74, 6) is 0.960. The normalized spacial score (nSPS) is 10.5. The molecule has 2 N–H and O–H groups in total. The SMILES string of the molecule is CCOc1ccc(CN(CC)CC(=O)NC(=O)Nc2ccc(Br)cc2)cc1OC. The summed E-state index contributed by atoms with van der Waals surface area (Å²) in [6.07, 6.45) is 0. The third-order valence-electron chi connectivity index (χ3n) is 4.10. The van der Waals surface area contributed by atoms with E-state index >= 15 is 0 Å². The van der Waals surface area contributed by atoms with E-state index in [0.717, 1.165) is 10.0 Å². The molecule has 3 amide bonds. The van der Waals surface area contributed by atoms with Crippen molar-refractivity contribution in [1.29, 1.82) is 0 Å². The number of amides is 3. The fraction of sp³-hybridized carbons (Fsp3) is 0.333. The molecule has 0 aromatic heterocycles. The second-order valence-corrected chi connectivity index (χ2v) is 7.15. The number of ether oxygens (including phenoxy) is 2. The van der Waals surface area contributed by atoms with Crippen LogP contribution < -0.4 is 20.1 Å². The molecule has 0 saturated heterocycles. The zero-order valence-electron chi connectivity index (χ0n) is 16.8. The smallest absolute Gasteiger partial charge is 0.325 e. The molecule has 29 heavy (non-hydrogen) atoms. The van der Waals surface area contributed by atoms with E-state index in [1.54, 1.807) is 31.4 Å². The number of likely N-dealkylation sites (N-methyl/N-ethyl adjacent to an activating group) is 1. The Labute approximate surface area is 179 Å². The van der Waals surface area contributed by atoms with Crippen LogP contribution in [0, 0.1) is 0 Å². The molecule has 8 heteroatoms. The molecule has 0 unspecified atom stereocenters. The molecule has 0 atom stereocenters. The average molecular weight is 464 g/mol. The first-order valence-corrected chi connectivity index (χ1v) is 10.1. The number of imide groups is 1. The number of rotatable bonds is 9. The lowest BCUT2D eigenvalue weighted by Crippen LogP contribution is -2.41. The highest BCUT2D eigenvalue weighted by Crippen LogP contribution is 2.28. The van der Waals surface area contributed by atoms with Crippen molar-refractivity contribution in [2.75, 3.05) is 32.1 Å². The van der Waals surface area contributed by atoms with Crippen LogP contribution in [0.15, 0.2) is 46.9 Å². The quantitative estimate of drug-likeness (QED) is 0.586. The van der Waals surface area contributed by atoms with Crippen LogP contribution >= 0.6 is 15.9 Å². The Morgan fingerprint density at radius 3 is 2.41 bits per heavy atom. The molecule has 0 radical (unpaired) electrons. The van der Waals surface area contributed by atoms with Gasteiger partial charge in [-0.1, -0.05) is 28.9 Å². The first-order chi connectivity index (χ1) is 13.9. The van der Waals surface area contributed by atoms with Gasteiger partial charge in [0.25, 0.3) is 0 Å². The topological polar surface area (TPSA) is 79.9 Å². The molecule has 2 aromatic carbocycles. The summed E-state index contributed by atoms with van der Waals surface area (Å²) in [7, 11) is 1.59. The molecule has 0 fully saturated rings. The van der Waals surface area contributed by atoms with E-state index < -0.39 is 6.03 Å². The number of benzene rings is 2. The number of nitrogens with one attached hydrogen (secondary N) is 2. The molecular formula is C21H26BrN3O4. The number of anilines is 1. The fourth-order valence-corrected chi connectivity index (χ4v) is 2.95. The van der Waals surface area contributed by atoms with E-state index in [4.69, 9.17) is 9.47 Å². The fourth-order valence-electron chi connectivity index (χ4n) is 2.69. The van der Waals surface area contributed by atoms with Crippen molar-refractivity contribution in [2.45, 2.75) is 20.4 Å². The Morgan fingerprint density at radius 2 is 1.79 bits per heavy atom. The molecule has 7 nitrogen and oxygen atoms in total. The number of urea groups is 1. The highest BCUT2D eigenvalue weighted by Gasteiger charge is 2.14. The lowest BCUT2D eigenvalue weighted by atomic mass is 10.2. The molecule has 0 heterocycles. The van der Waals surface area contributed by atoms with Gasteiger partial charge in [-0.3, -0.25) is 15.0 Å². The van der Waals surface area contributed by atoms with Crippen molar-refractivity contribution in [3.05, 3.63) is 52.5 Å². The Bertz CT molecular complexity index is 827. The van der Waals surface area contributed by atoms with Gasteiger partial charge in [0.1, 0.15) is 0 Å². The molecule has 0 aliphatic rings. The van der Waals surface area contributed by atoms with Gasteiger partial charge < -0.3 is 14.8 Å². The van der Waals surface area contributed by atoms with Gasteiger partial charge in [-0.15, -0.1) is 0 Å². The van der Waals surface area contributed by atoms with Crippen molar-refractivity contribution in [1.82, 2.24) is 10.2 Å². The van der Waals surface area contributed by atoms with E-state index in [1.807, 2.05) is 36.9 Å². The van der Waals surface area contributed by atoms with Crippen LogP contribution in [0.2, 0.25) is 0 Å². The summed E-state index contributed by atoms with van der Waals surface area (Å²) in [5.41, 5.74) is 1.59. The molecule has 0 spiro atoms. The van der Waals surface area contributed by atoms with Crippen molar-refractivity contribution >= 4 is 33.6 Å². The largest absolute Gasteiger partial charge is 0.493 e. The van der Waals surface area contributed by atoms with Crippen molar-refractivity contribution in [2.24, 2.45) is 0 Å². The second kappa shape index (κ2) is 11.4. The minimum Gasteiger partial charge on any atom is -0.493 e. The van der Waals surface area contributed by atoms with Gasteiger partial charge in [0, 0.05) is 16.7 Å². The van der Waals surface area contributed by atoms with Crippen LogP contribution in [0.5, 0.6) is 11.5 Å². The molecule has 2 aromatic rings. The van der Waals surface area contributed by atoms with Crippen LogP contribution in [0.1, 0.15) is 19.4 Å². The number of methoxy groups -OCH3 is 1. The Kier molecular flexibility index (Phi) is 8.95. The van der Waals surface area contributed by atoms with Crippen LogP contribution in [0.3, 0.4) is 0 Å². The third-order valence-corrected chi connectivity index (χ3v) is 4.63. The summed E-state index contributed by atoms with van der Waals surface area (Å²) < 4.78 is 11.8. The van der Waals surface area contributed by atoms with Crippen LogP contribution in [0.4, 0.5) is 10.5 Å². The summed E-state index contributed by atoms with van der Waals surface area (Å²) in [4.78, 5) is 26.2. The second-order valence-electron chi connectivity index (χ2n) is 6.23. The van der Waals surface area contributed by atoms with Gasteiger partial charge in [-0.2, -0.15) is 0 Å². The van der Waals surface area contributed by atoms with E-state index in [-0.39, 0.29) is 12.5 Å². The van der Waals surface area contributed by atoms with E-state index in [1.165, 1.54) is 0 Å². The standard InChI is InChI=1S/C21H26BrN3O4/c1-4-25(13-15-6-11-18(29-5-2)19(12-15)28-3)14-20(26)24-21(27)23-17-9-7-16(22)8-10-17/h6-12H,4-5,13-14H2,1-3H3,(H2,23,24,26,27). The van der Waals surface area contributed by atoms with Crippen molar-refractivity contribution in [3.63, 3.8) is 0 Å². The molecule has 0 bridgehead atoms. The Morgan fingerprint density at radius 1 is 1.07 bits per heavy atom. The van der Waals surface area contributed by atoms with Gasteiger partial charge in [0.15, 0.2) is 11.5 Å². The minimum absolute atomic E-state index is 0.0970. The van der Waals surface area contributed by atoms with Crippen LogP contribution in [-0.4, -0.2) is 43.6 Å². The van der Waals surface area contributed by atoms with Gasteiger partial charge >= 0.3 is 6.03 Å². The van der Waals surface area contributed by atoms with Gasteiger partial charge in [0.05, 0.1) is 20.3 Å². The zero-order chi connectivity index (χ0) is 21.2. The number of hydrogen-bond donors (Lipinski definition) is 2. The first kappa shape index (κ1) is 22.7. The maximum absolute atomic E-state index is 12.3. The molecule has 0 aliphatic carbocycles. The summed E-state index contributed by atoms with van der Waals surface area (Å²) in [6.45, 7) is 5.72. The molecule has 0 aliphatic heterocycles. The molecule has 2 rings (SSSR count). The highest BCUT2D eigenvalue weighted by molar-refractivity contribution is 9.10. The first-order valence-electron chi connectivity index (χ1n) is 9.33. The number of hydrogen-bond acceptors (Lipinski definition) is 5. The summed E-state index contributed by atoms with van der Waals surface area (Å²) >= 11 is 3.33. The monoisotopic (exact) mass is 463 g/mol. The molecular weight excluding hydrogens is 438 g/mol. The Balaban J connectivity index is 1.90. The molecule has 0 saturated carbocycles. The van der Waals surface area contributed by atoms with E-state index in [0.29, 0.717) is 36.9 Å². The highest BCUT2D eigenvalue weighted by atomic mass is 79.9. The van der Waals surface area contributed by atoms with E-state index in [9.17, 15) is 9.59 Å². The van der Waals surface area contributed by atoms with Gasteiger partial charge in [-0.25, -0.2) is 4.79 Å². The average Bonchev–Trinajstić information content (AvgIpc) is 2.70. The number of carbonyl (C=O) groups is 2. The lowest BCUT2D eigenvalue weighted by Gasteiger charge is -2.20. The minimum atomic E-state index is -0.559. The maximum atomic E-state index is 12.3. The maximum Gasteiger partial charge on any atom is 0.325 e. The van der Waals surface area contributed by atoms with Crippen molar-refractivity contribution in [3.8, 4) is 11.5 Å². The third kappa shape index (κ3) is 7.40. The number of halogens is 1. The van der Waals surface area contributed by atoms with Crippen molar-refractivity contribution < 1.29 is 19.1 Å². The van der Waals surface area contributed by atoms with Crippen LogP contribution in [-0.2, 0) is 11.3 Å². The predicted octanol–water partition coefficient (Wildman–Crippen LogP) is 4.03. The summed E-state index contributed by atoms with van der Waals surface area (Å²) in [5, 5.41) is 4.99. The number of nitrogens with zero attached hydrogens (tertiary/aromatic N) is 1. The molecule has 156 valence electrons. The van der Waals surface area contributed by atoms with Crippen LogP contribution in [0.25, 0.3) is 0 Å².